The molecule has 5 heteroatoms. The van der Waals surface area contributed by atoms with Crippen LogP contribution in [0.15, 0.2) is 12.4 Å². The van der Waals surface area contributed by atoms with Crippen molar-refractivity contribution < 1.29 is 9.53 Å². The van der Waals surface area contributed by atoms with Crippen LogP contribution in [0.3, 0.4) is 0 Å². The molecule has 1 aromatic heterocycles. The molecule has 0 amide bonds. The summed E-state index contributed by atoms with van der Waals surface area (Å²) in [5.74, 6) is 5.14. The van der Waals surface area contributed by atoms with Crippen molar-refractivity contribution in [1.29, 1.82) is 0 Å². The Bertz CT molecular complexity index is 453. The fourth-order valence-corrected chi connectivity index (χ4v) is 1.64. The topological polar surface area (TPSA) is 55.3 Å². The van der Waals surface area contributed by atoms with E-state index in [-0.39, 0.29) is 0 Å². The van der Waals surface area contributed by atoms with Gasteiger partial charge in [-0.05, 0) is 12.8 Å². The number of hydrogen-bond donors (Lipinski definition) is 0. The molecule has 0 radical (unpaired) electrons. The zero-order chi connectivity index (χ0) is 12.1. The molecule has 0 spiro atoms. The predicted octanol–water partition coefficient (Wildman–Crippen LogP) is 0.601. The zero-order valence-electron chi connectivity index (χ0n) is 9.64. The molecule has 0 aromatic carbocycles. The summed E-state index contributed by atoms with van der Waals surface area (Å²) < 4.78 is 4.42. The maximum atomic E-state index is 10.8. The van der Waals surface area contributed by atoms with E-state index < -0.39 is 5.97 Å². The summed E-state index contributed by atoms with van der Waals surface area (Å²) in [5, 5.41) is 0. The Morgan fingerprint density at radius 1 is 1.35 bits per heavy atom. The first-order chi connectivity index (χ1) is 8.29. The van der Waals surface area contributed by atoms with Crippen molar-refractivity contribution in [3.8, 4) is 11.8 Å². The molecule has 2 rings (SSSR count). The number of anilines is 1. The van der Waals surface area contributed by atoms with Crippen LogP contribution < -0.4 is 4.90 Å². The van der Waals surface area contributed by atoms with Gasteiger partial charge in [0.2, 0.25) is 5.95 Å². The van der Waals surface area contributed by atoms with Crippen LogP contribution in [-0.4, -0.2) is 36.1 Å². The number of ether oxygens (including phenoxy) is 1. The van der Waals surface area contributed by atoms with Gasteiger partial charge in [-0.25, -0.2) is 14.8 Å². The lowest BCUT2D eigenvalue weighted by atomic mass is 10.3. The second kappa shape index (κ2) is 5.30. The van der Waals surface area contributed by atoms with Crippen molar-refractivity contribution in [3.63, 3.8) is 0 Å². The molecule has 0 bridgehead atoms. The van der Waals surface area contributed by atoms with Crippen molar-refractivity contribution in [3.05, 3.63) is 18.0 Å². The van der Waals surface area contributed by atoms with Crippen molar-refractivity contribution in [2.45, 2.75) is 12.8 Å². The number of hydrogen-bond acceptors (Lipinski definition) is 5. The molecule has 0 aliphatic carbocycles. The normalized spacial score (nSPS) is 14.1. The predicted molar refractivity (Wildman–Crippen MR) is 62.4 cm³/mol. The average Bonchev–Trinajstić information content (AvgIpc) is 2.90. The van der Waals surface area contributed by atoms with Crippen LogP contribution >= 0.6 is 0 Å². The highest BCUT2D eigenvalue weighted by molar-refractivity contribution is 5.88. The summed E-state index contributed by atoms with van der Waals surface area (Å²) >= 11 is 0. The number of carbonyl (C=O) groups is 1. The molecule has 1 aliphatic heterocycles. The summed E-state index contributed by atoms with van der Waals surface area (Å²) in [4.78, 5) is 21.4. The molecule has 1 fully saturated rings. The van der Waals surface area contributed by atoms with Crippen LogP contribution in [0.5, 0.6) is 0 Å². The molecular weight excluding hydrogens is 218 g/mol. The Morgan fingerprint density at radius 3 is 2.59 bits per heavy atom. The van der Waals surface area contributed by atoms with E-state index in [0.29, 0.717) is 5.56 Å². The van der Waals surface area contributed by atoms with Gasteiger partial charge in [0.1, 0.15) is 0 Å². The number of rotatable bonds is 1. The Morgan fingerprint density at radius 2 is 2.00 bits per heavy atom. The lowest BCUT2D eigenvalue weighted by molar-refractivity contribution is -0.133. The third-order valence-corrected chi connectivity index (χ3v) is 2.52. The van der Waals surface area contributed by atoms with Gasteiger partial charge < -0.3 is 9.64 Å². The SMILES string of the molecule is COC(=O)C#Cc1cnc(N2CCCC2)nc1. The molecule has 1 aliphatic rings. The van der Waals surface area contributed by atoms with E-state index in [2.05, 4.69) is 31.4 Å². The number of nitrogens with zero attached hydrogens (tertiary/aromatic N) is 3. The van der Waals surface area contributed by atoms with Gasteiger partial charge in [-0.1, -0.05) is 5.92 Å². The number of esters is 1. The smallest absolute Gasteiger partial charge is 0.384 e. The summed E-state index contributed by atoms with van der Waals surface area (Å²) in [7, 11) is 1.30. The van der Waals surface area contributed by atoms with Crippen LogP contribution in [0, 0.1) is 11.8 Å². The summed E-state index contributed by atoms with van der Waals surface area (Å²) in [6, 6.07) is 0. The van der Waals surface area contributed by atoms with E-state index in [1.165, 1.54) is 20.0 Å². The minimum absolute atomic E-state index is 0.561. The van der Waals surface area contributed by atoms with E-state index in [9.17, 15) is 4.79 Å². The van der Waals surface area contributed by atoms with Crippen LogP contribution in [0.4, 0.5) is 5.95 Å². The standard InChI is InChI=1S/C12H13N3O2/c1-17-11(16)5-4-10-8-13-12(14-9-10)15-6-2-3-7-15/h8-9H,2-3,6-7H2,1H3. The largest absolute Gasteiger partial charge is 0.459 e. The van der Waals surface area contributed by atoms with Gasteiger partial charge in [-0.3, -0.25) is 0 Å². The van der Waals surface area contributed by atoms with Crippen molar-refractivity contribution in [2.75, 3.05) is 25.1 Å². The fraction of sp³-hybridized carbons (Fsp3) is 0.417. The first-order valence-corrected chi connectivity index (χ1v) is 5.46. The van der Waals surface area contributed by atoms with Crippen molar-refractivity contribution in [2.24, 2.45) is 0 Å². The highest BCUT2D eigenvalue weighted by Gasteiger charge is 2.13. The fourth-order valence-electron chi connectivity index (χ4n) is 1.64. The Kier molecular flexibility index (Phi) is 3.55. The van der Waals surface area contributed by atoms with Crippen LogP contribution in [0.25, 0.3) is 0 Å². The quantitative estimate of drug-likeness (QED) is 0.523. The lowest BCUT2D eigenvalue weighted by Crippen LogP contribution is -2.20. The molecule has 0 unspecified atom stereocenters. The van der Waals surface area contributed by atoms with Crippen LogP contribution in [0.2, 0.25) is 0 Å². The van der Waals surface area contributed by atoms with E-state index in [4.69, 9.17) is 0 Å². The molecule has 5 nitrogen and oxygen atoms in total. The van der Waals surface area contributed by atoms with Gasteiger partial charge in [0, 0.05) is 31.4 Å². The van der Waals surface area contributed by atoms with Crippen molar-refractivity contribution >= 4 is 11.9 Å². The number of methoxy groups -OCH3 is 1. The molecule has 0 saturated carbocycles. The minimum Gasteiger partial charge on any atom is -0.459 e. The number of carbonyl (C=O) groups excluding carboxylic acids is 1. The van der Waals surface area contributed by atoms with E-state index in [1.807, 2.05) is 0 Å². The summed E-state index contributed by atoms with van der Waals surface area (Å²) in [6.07, 6.45) is 5.62. The van der Waals surface area contributed by atoms with Gasteiger partial charge >= 0.3 is 5.97 Å². The summed E-state index contributed by atoms with van der Waals surface area (Å²) in [6.45, 7) is 2.01. The molecule has 88 valence electrons. The third kappa shape index (κ3) is 2.94. The maximum absolute atomic E-state index is 10.8. The molecule has 17 heavy (non-hydrogen) atoms. The second-order valence-corrected chi connectivity index (χ2v) is 3.71. The Labute approximate surface area is 99.8 Å². The van der Waals surface area contributed by atoms with Gasteiger partial charge in [0.05, 0.1) is 12.7 Å². The van der Waals surface area contributed by atoms with Gasteiger partial charge in [0.25, 0.3) is 0 Å². The molecule has 0 N–H and O–H groups in total. The van der Waals surface area contributed by atoms with Gasteiger partial charge in [-0.15, -0.1) is 0 Å². The molecule has 1 saturated heterocycles. The molecule has 1 aromatic rings. The highest BCUT2D eigenvalue weighted by Crippen LogP contribution is 2.14. The van der Waals surface area contributed by atoms with Crippen molar-refractivity contribution in [1.82, 2.24) is 9.97 Å². The first kappa shape index (κ1) is 11.4. The number of aromatic nitrogens is 2. The van der Waals surface area contributed by atoms with Gasteiger partial charge in [-0.2, -0.15) is 0 Å². The van der Waals surface area contributed by atoms with E-state index in [1.54, 1.807) is 12.4 Å². The van der Waals surface area contributed by atoms with E-state index in [0.717, 1.165) is 19.0 Å². The zero-order valence-corrected chi connectivity index (χ0v) is 9.64. The summed E-state index contributed by atoms with van der Waals surface area (Å²) in [5.41, 5.74) is 0.610. The lowest BCUT2D eigenvalue weighted by Gasteiger charge is -2.13. The maximum Gasteiger partial charge on any atom is 0.384 e. The Balaban J connectivity index is 2.06. The third-order valence-electron chi connectivity index (χ3n) is 2.52. The monoisotopic (exact) mass is 231 g/mol. The van der Waals surface area contributed by atoms with Gasteiger partial charge in [0.15, 0.2) is 0 Å². The molecule has 0 atom stereocenters. The molecule has 2 heterocycles. The van der Waals surface area contributed by atoms with E-state index >= 15 is 0 Å². The van der Waals surface area contributed by atoms with Crippen LogP contribution in [0.1, 0.15) is 18.4 Å². The highest BCUT2D eigenvalue weighted by atomic mass is 16.5. The first-order valence-electron chi connectivity index (χ1n) is 5.46. The minimum atomic E-state index is -0.561. The molecular formula is C12H13N3O2. The Hall–Kier alpha value is -2.09. The van der Waals surface area contributed by atoms with Crippen LogP contribution in [-0.2, 0) is 9.53 Å². The second-order valence-electron chi connectivity index (χ2n) is 3.71. The average molecular weight is 231 g/mol.